The van der Waals surface area contributed by atoms with E-state index in [0.717, 1.165) is 38.0 Å². The summed E-state index contributed by atoms with van der Waals surface area (Å²) >= 11 is 0. The van der Waals surface area contributed by atoms with Crippen LogP contribution in [-0.4, -0.2) is 25.4 Å². The van der Waals surface area contributed by atoms with Crippen LogP contribution in [-0.2, 0) is 9.47 Å². The minimum Gasteiger partial charge on any atom is -0.378 e. The fourth-order valence-corrected chi connectivity index (χ4v) is 4.90. The van der Waals surface area contributed by atoms with E-state index in [0.29, 0.717) is 29.6 Å². The Bertz CT molecular complexity index is 868. The lowest BCUT2D eigenvalue weighted by Gasteiger charge is -2.20. The molecular weight excluding hydrogens is 536 g/mol. The third-order valence-electron chi connectivity index (χ3n) is 8.76. The molecule has 0 saturated carbocycles. The molecule has 0 aromatic carbocycles. The lowest BCUT2D eigenvalue weighted by Crippen LogP contribution is -2.20. The fraction of sp³-hybridized carbons (Fsp3) is 0.714. The third kappa shape index (κ3) is 25.7. The zero-order valence-electron chi connectivity index (χ0n) is 31.3. The second kappa shape index (κ2) is 24.6. The number of hydrogen-bond donors (Lipinski definition) is 0. The summed E-state index contributed by atoms with van der Waals surface area (Å²) in [6.45, 7) is 22.5. The lowest BCUT2D eigenvalue weighted by molar-refractivity contribution is 0.0251. The number of methoxy groups -OCH3 is 2. The Hall–Kier alpha value is -1.64. The Morgan fingerprint density at radius 3 is 1.39 bits per heavy atom. The van der Waals surface area contributed by atoms with Gasteiger partial charge in [-0.1, -0.05) is 121 Å². The molecule has 0 rings (SSSR count). The molecule has 0 aliphatic carbocycles. The van der Waals surface area contributed by atoms with E-state index in [1.807, 2.05) is 0 Å². The Balaban J connectivity index is 4.11. The SMILES string of the molecule is COC(C)(C)C/C=C/C(C)C/C=C/C(C)/C=C/CC(C)CC/C=C/C(C)C/C=C/C(C)CCCC(C)/C=C/CC(C)(C)OC. The van der Waals surface area contributed by atoms with Crippen molar-refractivity contribution in [1.29, 1.82) is 0 Å². The Morgan fingerprint density at radius 1 is 0.477 bits per heavy atom. The van der Waals surface area contributed by atoms with Gasteiger partial charge < -0.3 is 9.47 Å². The zero-order valence-corrected chi connectivity index (χ0v) is 31.3. The maximum absolute atomic E-state index is 5.50. The van der Waals surface area contributed by atoms with Gasteiger partial charge in [0.05, 0.1) is 11.2 Å². The van der Waals surface area contributed by atoms with Crippen LogP contribution in [0.1, 0.15) is 133 Å². The van der Waals surface area contributed by atoms with Gasteiger partial charge in [-0.2, -0.15) is 0 Å². The summed E-state index contributed by atoms with van der Waals surface area (Å²) in [5.41, 5.74) is -0.136. The number of rotatable bonds is 25. The van der Waals surface area contributed by atoms with E-state index >= 15 is 0 Å². The van der Waals surface area contributed by atoms with E-state index in [2.05, 4.69) is 142 Å². The number of hydrogen-bond acceptors (Lipinski definition) is 2. The topological polar surface area (TPSA) is 18.5 Å². The summed E-state index contributed by atoms with van der Waals surface area (Å²) in [5, 5.41) is 0. The van der Waals surface area contributed by atoms with Gasteiger partial charge in [-0.15, -0.1) is 0 Å². The summed E-state index contributed by atoms with van der Waals surface area (Å²) in [6, 6.07) is 0. The second-order valence-electron chi connectivity index (χ2n) is 15.0. The zero-order chi connectivity index (χ0) is 33.4. The first kappa shape index (κ1) is 42.4. The van der Waals surface area contributed by atoms with Crippen LogP contribution in [0, 0.1) is 35.5 Å². The van der Waals surface area contributed by atoms with Gasteiger partial charge in [-0.05, 0) is 121 Å². The molecule has 0 aliphatic rings. The first-order valence-corrected chi connectivity index (χ1v) is 17.8. The van der Waals surface area contributed by atoms with Crippen LogP contribution in [0.4, 0.5) is 0 Å². The highest BCUT2D eigenvalue weighted by atomic mass is 16.5. The molecule has 0 heterocycles. The first-order valence-electron chi connectivity index (χ1n) is 17.8. The van der Waals surface area contributed by atoms with Crippen LogP contribution >= 0.6 is 0 Å². The lowest BCUT2D eigenvalue weighted by atomic mass is 9.96. The van der Waals surface area contributed by atoms with Gasteiger partial charge in [-0.3, -0.25) is 0 Å². The van der Waals surface area contributed by atoms with Crippen molar-refractivity contribution in [3.05, 3.63) is 72.9 Å². The van der Waals surface area contributed by atoms with E-state index in [1.54, 1.807) is 14.2 Å². The molecule has 44 heavy (non-hydrogen) atoms. The molecule has 0 fully saturated rings. The van der Waals surface area contributed by atoms with Crippen LogP contribution in [0.25, 0.3) is 0 Å². The van der Waals surface area contributed by atoms with E-state index in [-0.39, 0.29) is 11.2 Å². The molecule has 6 unspecified atom stereocenters. The van der Waals surface area contributed by atoms with Gasteiger partial charge >= 0.3 is 0 Å². The third-order valence-corrected chi connectivity index (χ3v) is 8.76. The van der Waals surface area contributed by atoms with Crippen molar-refractivity contribution in [3.8, 4) is 0 Å². The van der Waals surface area contributed by atoms with Crippen molar-refractivity contribution in [2.75, 3.05) is 14.2 Å². The smallest absolute Gasteiger partial charge is 0.0657 e. The molecule has 0 aromatic heterocycles. The molecule has 0 N–H and O–H groups in total. The fourth-order valence-electron chi connectivity index (χ4n) is 4.90. The number of ether oxygens (including phenoxy) is 2. The van der Waals surface area contributed by atoms with Gasteiger partial charge in [0.15, 0.2) is 0 Å². The average Bonchev–Trinajstić information content (AvgIpc) is 2.95. The molecule has 0 aliphatic heterocycles. The molecule has 0 aromatic rings. The van der Waals surface area contributed by atoms with Crippen molar-refractivity contribution in [2.24, 2.45) is 35.5 Å². The second-order valence-corrected chi connectivity index (χ2v) is 15.0. The monoisotopic (exact) mass is 611 g/mol. The molecule has 6 atom stereocenters. The average molecular weight is 611 g/mol. The van der Waals surface area contributed by atoms with Crippen LogP contribution in [0.3, 0.4) is 0 Å². The summed E-state index contributed by atoms with van der Waals surface area (Å²) in [5.74, 6) is 3.68. The largest absolute Gasteiger partial charge is 0.378 e. The maximum Gasteiger partial charge on any atom is 0.0657 e. The standard InChI is InChI=1S/C42H74O2/c1-35(23-15-25-37(3)27-17-29-39(5)31-19-33-41(7,8)43-11)21-13-14-22-36(2)24-16-26-38(4)28-18-30-40(6)32-20-34-42(9,10)44-12/h13,15-16,18-21,25-26,28,31-32,35-40H,14,17,22-24,27,29-30,33-34H2,1-12H3/b21-13+,25-15+,26-16+,28-18+,31-19+,32-20+. The summed E-state index contributed by atoms with van der Waals surface area (Å²) in [4.78, 5) is 0. The van der Waals surface area contributed by atoms with Gasteiger partial charge in [-0.25, -0.2) is 0 Å². The van der Waals surface area contributed by atoms with Crippen LogP contribution < -0.4 is 0 Å². The highest BCUT2D eigenvalue weighted by Gasteiger charge is 2.14. The highest BCUT2D eigenvalue weighted by Crippen LogP contribution is 2.19. The van der Waals surface area contributed by atoms with E-state index in [9.17, 15) is 0 Å². The van der Waals surface area contributed by atoms with Crippen molar-refractivity contribution < 1.29 is 9.47 Å². The quantitative estimate of drug-likeness (QED) is 0.0957. The van der Waals surface area contributed by atoms with Gasteiger partial charge in [0.1, 0.15) is 0 Å². The van der Waals surface area contributed by atoms with Crippen molar-refractivity contribution in [2.45, 2.75) is 145 Å². The molecule has 0 bridgehead atoms. The first-order chi connectivity index (χ1) is 20.7. The van der Waals surface area contributed by atoms with Crippen molar-refractivity contribution in [1.82, 2.24) is 0 Å². The van der Waals surface area contributed by atoms with E-state index in [1.165, 1.54) is 32.1 Å². The summed E-state index contributed by atoms with van der Waals surface area (Å²) in [6.07, 6.45) is 39.9. The van der Waals surface area contributed by atoms with Gasteiger partial charge in [0.25, 0.3) is 0 Å². The van der Waals surface area contributed by atoms with Crippen molar-refractivity contribution in [3.63, 3.8) is 0 Å². The van der Waals surface area contributed by atoms with Gasteiger partial charge in [0, 0.05) is 14.2 Å². The predicted molar refractivity (Wildman–Crippen MR) is 198 cm³/mol. The number of allylic oxidation sites excluding steroid dienone is 10. The minimum absolute atomic E-state index is 0.0603. The summed E-state index contributed by atoms with van der Waals surface area (Å²) in [7, 11) is 3.57. The van der Waals surface area contributed by atoms with Crippen LogP contribution in [0.2, 0.25) is 0 Å². The highest BCUT2D eigenvalue weighted by molar-refractivity contribution is 5.01. The molecule has 0 spiro atoms. The predicted octanol–water partition coefficient (Wildman–Crippen LogP) is 12.9. The molecule has 2 nitrogen and oxygen atoms in total. The van der Waals surface area contributed by atoms with E-state index < -0.39 is 0 Å². The van der Waals surface area contributed by atoms with E-state index in [4.69, 9.17) is 9.47 Å². The summed E-state index contributed by atoms with van der Waals surface area (Å²) < 4.78 is 11.0. The molecule has 254 valence electrons. The molecule has 0 radical (unpaired) electrons. The molecule has 0 amide bonds. The van der Waals surface area contributed by atoms with Crippen LogP contribution in [0.5, 0.6) is 0 Å². The minimum atomic E-state index is -0.0754. The van der Waals surface area contributed by atoms with Crippen LogP contribution in [0.15, 0.2) is 72.9 Å². The molecule has 2 heteroatoms. The Kier molecular flexibility index (Phi) is 23.7. The Labute approximate surface area is 276 Å². The van der Waals surface area contributed by atoms with Crippen molar-refractivity contribution >= 4 is 0 Å². The Morgan fingerprint density at radius 2 is 0.886 bits per heavy atom. The maximum atomic E-state index is 5.50. The van der Waals surface area contributed by atoms with Gasteiger partial charge in [0.2, 0.25) is 0 Å². The molecular formula is C42H74O2. The molecule has 0 saturated heterocycles. The normalized spacial score (nSPS) is 18.0.